The van der Waals surface area contributed by atoms with Crippen LogP contribution in [0.15, 0.2) is 18.5 Å². The lowest BCUT2D eigenvalue weighted by Crippen LogP contribution is -2.44. The SMILES string of the molecule is CC(c1cc[nH]c1)N1CCNCC1. The zero-order chi connectivity index (χ0) is 9.10. The molecule has 0 aromatic carbocycles. The first-order valence-corrected chi connectivity index (χ1v) is 4.95. The lowest BCUT2D eigenvalue weighted by Gasteiger charge is -2.32. The van der Waals surface area contributed by atoms with E-state index >= 15 is 0 Å². The second-order valence-corrected chi connectivity index (χ2v) is 3.61. The zero-order valence-corrected chi connectivity index (χ0v) is 8.09. The van der Waals surface area contributed by atoms with E-state index in [-0.39, 0.29) is 0 Å². The van der Waals surface area contributed by atoms with Gasteiger partial charge in [-0.2, -0.15) is 0 Å². The Kier molecular flexibility index (Phi) is 2.66. The molecule has 0 aliphatic carbocycles. The van der Waals surface area contributed by atoms with E-state index in [4.69, 9.17) is 0 Å². The van der Waals surface area contributed by atoms with Crippen molar-refractivity contribution < 1.29 is 0 Å². The molecule has 72 valence electrons. The minimum atomic E-state index is 0.549. The molecule has 0 radical (unpaired) electrons. The largest absolute Gasteiger partial charge is 0.367 e. The number of hydrogen-bond donors (Lipinski definition) is 2. The molecule has 0 spiro atoms. The van der Waals surface area contributed by atoms with Gasteiger partial charge >= 0.3 is 0 Å². The summed E-state index contributed by atoms with van der Waals surface area (Å²) in [5, 5.41) is 3.37. The third kappa shape index (κ3) is 1.92. The van der Waals surface area contributed by atoms with Gasteiger partial charge in [0.15, 0.2) is 0 Å². The number of nitrogens with one attached hydrogen (secondary N) is 2. The van der Waals surface area contributed by atoms with Crippen LogP contribution in [0.1, 0.15) is 18.5 Å². The van der Waals surface area contributed by atoms with E-state index in [1.54, 1.807) is 0 Å². The second kappa shape index (κ2) is 3.94. The summed E-state index contributed by atoms with van der Waals surface area (Å²) in [6.45, 7) is 6.83. The van der Waals surface area contributed by atoms with Gasteiger partial charge in [0.1, 0.15) is 0 Å². The third-order valence-corrected chi connectivity index (χ3v) is 2.80. The summed E-state index contributed by atoms with van der Waals surface area (Å²) < 4.78 is 0. The van der Waals surface area contributed by atoms with Gasteiger partial charge in [0.2, 0.25) is 0 Å². The molecule has 1 atom stereocenters. The van der Waals surface area contributed by atoms with E-state index in [2.05, 4.69) is 34.4 Å². The highest BCUT2D eigenvalue weighted by molar-refractivity contribution is 5.13. The maximum absolute atomic E-state index is 3.37. The summed E-state index contributed by atoms with van der Waals surface area (Å²) in [6, 6.07) is 2.71. The Morgan fingerprint density at radius 1 is 1.38 bits per heavy atom. The molecule has 3 heteroatoms. The Morgan fingerprint density at radius 2 is 2.15 bits per heavy atom. The van der Waals surface area contributed by atoms with Crippen LogP contribution in [0, 0.1) is 0 Å². The molecule has 13 heavy (non-hydrogen) atoms. The van der Waals surface area contributed by atoms with Crippen LogP contribution in [0.2, 0.25) is 0 Å². The van der Waals surface area contributed by atoms with Gasteiger partial charge in [0.25, 0.3) is 0 Å². The average Bonchev–Trinajstić information content (AvgIpc) is 2.71. The van der Waals surface area contributed by atoms with Gasteiger partial charge in [-0.05, 0) is 18.6 Å². The number of piperazine rings is 1. The fourth-order valence-corrected chi connectivity index (χ4v) is 1.88. The predicted molar refractivity (Wildman–Crippen MR) is 53.7 cm³/mol. The molecule has 0 amide bonds. The van der Waals surface area contributed by atoms with Crippen LogP contribution in [0.3, 0.4) is 0 Å². The normalized spacial score (nSPS) is 21.6. The summed E-state index contributed by atoms with van der Waals surface area (Å²) in [5.41, 5.74) is 1.39. The van der Waals surface area contributed by atoms with Crippen LogP contribution >= 0.6 is 0 Å². The maximum Gasteiger partial charge on any atom is 0.0335 e. The number of aromatic nitrogens is 1. The molecule has 2 N–H and O–H groups in total. The molecular formula is C10H17N3. The van der Waals surface area contributed by atoms with Gasteiger partial charge < -0.3 is 10.3 Å². The molecule has 1 aliphatic rings. The molecular weight excluding hydrogens is 162 g/mol. The smallest absolute Gasteiger partial charge is 0.0335 e. The Morgan fingerprint density at radius 3 is 2.77 bits per heavy atom. The minimum Gasteiger partial charge on any atom is -0.367 e. The van der Waals surface area contributed by atoms with Gasteiger partial charge in [0.05, 0.1) is 0 Å². The van der Waals surface area contributed by atoms with Crippen molar-refractivity contribution in [2.24, 2.45) is 0 Å². The first-order valence-electron chi connectivity index (χ1n) is 4.95. The second-order valence-electron chi connectivity index (χ2n) is 3.61. The van der Waals surface area contributed by atoms with Gasteiger partial charge in [0, 0.05) is 44.6 Å². The number of H-pyrrole nitrogens is 1. The molecule has 3 nitrogen and oxygen atoms in total. The van der Waals surface area contributed by atoms with Crippen molar-refractivity contribution in [2.45, 2.75) is 13.0 Å². The zero-order valence-electron chi connectivity index (χ0n) is 8.09. The highest BCUT2D eigenvalue weighted by Crippen LogP contribution is 2.19. The van der Waals surface area contributed by atoms with Crippen molar-refractivity contribution in [3.05, 3.63) is 24.0 Å². The minimum absolute atomic E-state index is 0.549. The highest BCUT2D eigenvalue weighted by atomic mass is 15.2. The third-order valence-electron chi connectivity index (χ3n) is 2.80. The first-order chi connectivity index (χ1) is 6.38. The monoisotopic (exact) mass is 179 g/mol. The molecule has 2 heterocycles. The lowest BCUT2D eigenvalue weighted by atomic mass is 10.1. The van der Waals surface area contributed by atoms with Crippen molar-refractivity contribution in [3.8, 4) is 0 Å². The van der Waals surface area contributed by atoms with E-state index in [1.165, 1.54) is 5.56 Å². The van der Waals surface area contributed by atoms with Crippen LogP contribution in [-0.4, -0.2) is 36.1 Å². The fourth-order valence-electron chi connectivity index (χ4n) is 1.88. The summed E-state index contributed by atoms with van der Waals surface area (Å²) in [4.78, 5) is 5.62. The molecule has 1 aromatic heterocycles. The summed E-state index contributed by atoms with van der Waals surface area (Å²) >= 11 is 0. The summed E-state index contributed by atoms with van der Waals surface area (Å²) in [5.74, 6) is 0. The van der Waals surface area contributed by atoms with Crippen molar-refractivity contribution in [1.82, 2.24) is 15.2 Å². The van der Waals surface area contributed by atoms with Crippen LogP contribution < -0.4 is 5.32 Å². The van der Waals surface area contributed by atoms with Crippen LogP contribution in [0.4, 0.5) is 0 Å². The number of nitrogens with zero attached hydrogens (tertiary/aromatic N) is 1. The van der Waals surface area contributed by atoms with Crippen molar-refractivity contribution in [1.29, 1.82) is 0 Å². The molecule has 1 aliphatic heterocycles. The van der Waals surface area contributed by atoms with Crippen molar-refractivity contribution in [3.63, 3.8) is 0 Å². The number of rotatable bonds is 2. The van der Waals surface area contributed by atoms with Crippen molar-refractivity contribution >= 4 is 0 Å². The molecule has 1 saturated heterocycles. The quantitative estimate of drug-likeness (QED) is 0.709. The molecule has 1 unspecified atom stereocenters. The van der Waals surface area contributed by atoms with Gasteiger partial charge in [-0.25, -0.2) is 0 Å². The maximum atomic E-state index is 3.37. The Bertz CT molecular complexity index is 237. The number of hydrogen-bond acceptors (Lipinski definition) is 2. The van der Waals surface area contributed by atoms with Crippen LogP contribution in [-0.2, 0) is 0 Å². The summed E-state index contributed by atoms with van der Waals surface area (Å²) in [6.07, 6.45) is 4.08. The van der Waals surface area contributed by atoms with Gasteiger partial charge in [-0.3, -0.25) is 4.90 Å². The van der Waals surface area contributed by atoms with Crippen LogP contribution in [0.25, 0.3) is 0 Å². The molecule has 0 bridgehead atoms. The fraction of sp³-hybridized carbons (Fsp3) is 0.600. The lowest BCUT2D eigenvalue weighted by molar-refractivity contribution is 0.185. The van der Waals surface area contributed by atoms with Gasteiger partial charge in [-0.1, -0.05) is 0 Å². The Hall–Kier alpha value is -0.800. The molecule has 0 saturated carbocycles. The topological polar surface area (TPSA) is 31.1 Å². The number of aromatic amines is 1. The van der Waals surface area contributed by atoms with E-state index < -0.39 is 0 Å². The van der Waals surface area contributed by atoms with Crippen LogP contribution in [0.5, 0.6) is 0 Å². The van der Waals surface area contributed by atoms with E-state index in [0.29, 0.717) is 6.04 Å². The molecule has 1 aromatic rings. The average molecular weight is 179 g/mol. The first kappa shape index (κ1) is 8.78. The highest BCUT2D eigenvalue weighted by Gasteiger charge is 2.17. The summed E-state index contributed by atoms with van der Waals surface area (Å²) in [7, 11) is 0. The molecule has 1 fully saturated rings. The Labute approximate surface area is 79.1 Å². The standard InChI is InChI=1S/C10H17N3/c1-9(10-2-3-12-8-10)13-6-4-11-5-7-13/h2-3,8-9,11-12H,4-7H2,1H3. The molecule has 2 rings (SSSR count). The van der Waals surface area contributed by atoms with Crippen molar-refractivity contribution in [2.75, 3.05) is 26.2 Å². The van der Waals surface area contributed by atoms with E-state index in [0.717, 1.165) is 26.2 Å². The van der Waals surface area contributed by atoms with E-state index in [1.807, 2.05) is 6.20 Å². The van der Waals surface area contributed by atoms with E-state index in [9.17, 15) is 0 Å². The predicted octanol–water partition coefficient (Wildman–Crippen LogP) is 0.981. The van der Waals surface area contributed by atoms with Gasteiger partial charge in [-0.15, -0.1) is 0 Å². The Balaban J connectivity index is 1.99.